The fourth-order valence-corrected chi connectivity index (χ4v) is 3.74. The van der Waals surface area contributed by atoms with Crippen LogP contribution in [0.2, 0.25) is 5.02 Å². The third kappa shape index (κ3) is 2.50. The van der Waals surface area contributed by atoms with Crippen LogP contribution in [0, 0.1) is 6.92 Å². The highest BCUT2D eigenvalue weighted by molar-refractivity contribution is 7.91. The maximum atomic E-state index is 11.3. The molecule has 0 bridgehead atoms. The van der Waals surface area contributed by atoms with Crippen LogP contribution >= 0.6 is 11.6 Å². The lowest BCUT2D eigenvalue weighted by atomic mass is 10.1. The van der Waals surface area contributed by atoms with E-state index in [1.165, 1.54) is 0 Å². The number of hydrogen-bond donors (Lipinski definition) is 1. The van der Waals surface area contributed by atoms with Crippen molar-refractivity contribution in [2.75, 3.05) is 16.8 Å². The van der Waals surface area contributed by atoms with Crippen LogP contribution in [0.15, 0.2) is 18.2 Å². The van der Waals surface area contributed by atoms with Gasteiger partial charge < -0.3 is 5.32 Å². The number of anilines is 1. The van der Waals surface area contributed by atoms with Crippen LogP contribution in [0.1, 0.15) is 12.0 Å². The van der Waals surface area contributed by atoms with Crippen molar-refractivity contribution in [3.05, 3.63) is 28.8 Å². The molecular weight excluding hydrogens is 246 g/mol. The Morgan fingerprint density at radius 3 is 2.81 bits per heavy atom. The van der Waals surface area contributed by atoms with E-state index in [-0.39, 0.29) is 17.5 Å². The first-order valence-corrected chi connectivity index (χ1v) is 7.40. The van der Waals surface area contributed by atoms with E-state index in [4.69, 9.17) is 11.6 Å². The Morgan fingerprint density at radius 2 is 2.19 bits per heavy atom. The van der Waals surface area contributed by atoms with Crippen molar-refractivity contribution in [2.45, 2.75) is 19.4 Å². The van der Waals surface area contributed by atoms with E-state index >= 15 is 0 Å². The molecule has 0 unspecified atom stereocenters. The molecule has 0 radical (unpaired) electrons. The van der Waals surface area contributed by atoms with E-state index < -0.39 is 9.84 Å². The molecule has 1 fully saturated rings. The predicted molar refractivity (Wildman–Crippen MR) is 66.9 cm³/mol. The van der Waals surface area contributed by atoms with Crippen molar-refractivity contribution in [3.63, 3.8) is 0 Å². The van der Waals surface area contributed by atoms with Gasteiger partial charge in [-0.15, -0.1) is 0 Å². The quantitative estimate of drug-likeness (QED) is 0.886. The normalized spacial score (nSPS) is 23.2. The van der Waals surface area contributed by atoms with Crippen molar-refractivity contribution in [1.29, 1.82) is 0 Å². The van der Waals surface area contributed by atoms with Crippen molar-refractivity contribution in [1.82, 2.24) is 0 Å². The standard InChI is InChI=1S/C11H14ClNO2S/c1-8-10(12)3-2-4-11(8)13-9-5-6-16(14,15)7-9/h2-4,9,13H,5-7H2,1H3/t9-/m1/s1. The summed E-state index contributed by atoms with van der Waals surface area (Å²) >= 11 is 6.00. The monoisotopic (exact) mass is 259 g/mol. The molecule has 88 valence electrons. The van der Waals surface area contributed by atoms with Gasteiger partial charge in [-0.25, -0.2) is 8.42 Å². The molecule has 0 aromatic heterocycles. The Hall–Kier alpha value is -0.740. The van der Waals surface area contributed by atoms with Gasteiger partial charge in [0.2, 0.25) is 0 Å². The molecule has 1 saturated heterocycles. The summed E-state index contributed by atoms with van der Waals surface area (Å²) in [7, 11) is -2.83. The van der Waals surface area contributed by atoms with Crippen molar-refractivity contribution in [2.24, 2.45) is 0 Å². The summed E-state index contributed by atoms with van der Waals surface area (Å²) in [5, 5.41) is 3.94. The minimum Gasteiger partial charge on any atom is -0.381 e. The number of rotatable bonds is 2. The van der Waals surface area contributed by atoms with E-state index in [2.05, 4.69) is 5.32 Å². The van der Waals surface area contributed by atoms with E-state index in [1.54, 1.807) is 0 Å². The Kier molecular flexibility index (Phi) is 3.13. The molecule has 0 aliphatic carbocycles. The topological polar surface area (TPSA) is 46.2 Å². The van der Waals surface area contributed by atoms with E-state index in [1.807, 2.05) is 25.1 Å². The highest BCUT2D eigenvalue weighted by atomic mass is 35.5. The number of nitrogens with one attached hydrogen (secondary N) is 1. The molecule has 1 aliphatic rings. The molecule has 1 atom stereocenters. The average molecular weight is 260 g/mol. The third-order valence-corrected chi connectivity index (χ3v) is 5.04. The van der Waals surface area contributed by atoms with Gasteiger partial charge in [-0.2, -0.15) is 0 Å². The summed E-state index contributed by atoms with van der Waals surface area (Å²) in [6.07, 6.45) is 0.675. The molecule has 0 spiro atoms. The van der Waals surface area contributed by atoms with Gasteiger partial charge in [0.25, 0.3) is 0 Å². The Labute approximate surface area is 101 Å². The van der Waals surface area contributed by atoms with Gasteiger partial charge in [0.15, 0.2) is 9.84 Å². The molecule has 1 heterocycles. The average Bonchev–Trinajstić information content (AvgIpc) is 2.53. The fourth-order valence-electron chi connectivity index (χ4n) is 1.89. The maximum Gasteiger partial charge on any atom is 0.152 e. The third-order valence-electron chi connectivity index (χ3n) is 2.86. The largest absolute Gasteiger partial charge is 0.381 e. The number of sulfone groups is 1. The molecule has 1 aliphatic heterocycles. The zero-order chi connectivity index (χ0) is 11.8. The van der Waals surface area contributed by atoms with Crippen LogP contribution in [0.25, 0.3) is 0 Å². The molecule has 2 rings (SSSR count). The van der Waals surface area contributed by atoms with Crippen molar-refractivity contribution < 1.29 is 8.42 Å². The Balaban J connectivity index is 2.14. The maximum absolute atomic E-state index is 11.3. The fraction of sp³-hybridized carbons (Fsp3) is 0.455. The first-order valence-electron chi connectivity index (χ1n) is 5.20. The number of benzene rings is 1. The van der Waals surface area contributed by atoms with Gasteiger partial charge in [0.05, 0.1) is 11.5 Å². The summed E-state index contributed by atoms with van der Waals surface area (Å²) in [6, 6.07) is 5.63. The predicted octanol–water partition coefficient (Wildman–Crippen LogP) is 2.25. The lowest BCUT2D eigenvalue weighted by molar-refractivity contribution is 0.602. The second-order valence-corrected chi connectivity index (χ2v) is 6.79. The van der Waals surface area contributed by atoms with Crippen LogP contribution in [0.3, 0.4) is 0 Å². The highest BCUT2D eigenvalue weighted by Gasteiger charge is 2.27. The molecule has 1 aromatic rings. The SMILES string of the molecule is Cc1c(Cl)cccc1N[C@@H]1CCS(=O)(=O)C1. The minimum absolute atomic E-state index is 0.0159. The Morgan fingerprint density at radius 1 is 1.44 bits per heavy atom. The van der Waals surface area contributed by atoms with Crippen molar-refractivity contribution >= 4 is 27.1 Å². The second kappa shape index (κ2) is 4.26. The van der Waals surface area contributed by atoms with Gasteiger partial charge >= 0.3 is 0 Å². The van der Waals surface area contributed by atoms with Crippen LogP contribution in [-0.4, -0.2) is 26.0 Å². The molecule has 0 saturated carbocycles. The summed E-state index contributed by atoms with van der Waals surface area (Å²) < 4.78 is 22.6. The summed E-state index contributed by atoms with van der Waals surface area (Å²) in [6.45, 7) is 1.92. The van der Waals surface area contributed by atoms with Gasteiger partial charge in [-0.3, -0.25) is 0 Å². The van der Waals surface area contributed by atoms with Crippen LogP contribution in [-0.2, 0) is 9.84 Å². The van der Waals surface area contributed by atoms with Gasteiger partial charge in [0, 0.05) is 16.8 Å². The minimum atomic E-state index is -2.83. The first kappa shape index (κ1) is 11.7. The van der Waals surface area contributed by atoms with Gasteiger partial charge in [-0.1, -0.05) is 17.7 Å². The summed E-state index contributed by atoms with van der Waals surface area (Å²) in [5.74, 6) is 0.503. The van der Waals surface area contributed by atoms with E-state index in [9.17, 15) is 8.42 Å². The van der Waals surface area contributed by atoms with Crippen molar-refractivity contribution in [3.8, 4) is 0 Å². The zero-order valence-electron chi connectivity index (χ0n) is 9.03. The first-order chi connectivity index (χ1) is 7.48. The second-order valence-electron chi connectivity index (χ2n) is 4.16. The number of hydrogen-bond acceptors (Lipinski definition) is 3. The molecule has 0 amide bonds. The molecule has 3 nitrogen and oxygen atoms in total. The highest BCUT2D eigenvalue weighted by Crippen LogP contribution is 2.25. The molecule has 5 heteroatoms. The Bertz CT molecular complexity index is 499. The van der Waals surface area contributed by atoms with E-state index in [0.717, 1.165) is 11.3 Å². The van der Waals surface area contributed by atoms with Crippen LogP contribution in [0.5, 0.6) is 0 Å². The smallest absolute Gasteiger partial charge is 0.152 e. The van der Waals surface area contributed by atoms with Crippen LogP contribution in [0.4, 0.5) is 5.69 Å². The lowest BCUT2D eigenvalue weighted by Crippen LogP contribution is -2.21. The zero-order valence-corrected chi connectivity index (χ0v) is 10.6. The summed E-state index contributed by atoms with van der Waals surface area (Å²) in [4.78, 5) is 0. The van der Waals surface area contributed by atoms with E-state index in [0.29, 0.717) is 11.4 Å². The summed E-state index contributed by atoms with van der Waals surface area (Å²) in [5.41, 5.74) is 1.89. The van der Waals surface area contributed by atoms with Crippen LogP contribution < -0.4 is 5.32 Å². The molecule has 16 heavy (non-hydrogen) atoms. The molecule has 1 aromatic carbocycles. The molecule has 1 N–H and O–H groups in total. The number of halogens is 1. The molecular formula is C11H14ClNO2S. The lowest BCUT2D eigenvalue weighted by Gasteiger charge is -2.15. The van der Waals surface area contributed by atoms with Gasteiger partial charge in [-0.05, 0) is 31.0 Å². The van der Waals surface area contributed by atoms with Gasteiger partial charge in [0.1, 0.15) is 0 Å².